The fourth-order valence-electron chi connectivity index (χ4n) is 1.40. The topological polar surface area (TPSA) is 104 Å². The first-order chi connectivity index (χ1) is 9.06. The summed E-state index contributed by atoms with van der Waals surface area (Å²) in [6.45, 7) is 1.72. The Morgan fingerprint density at radius 2 is 2.42 bits per heavy atom. The maximum Gasteiger partial charge on any atom is 0.305 e. The number of amidine groups is 1. The predicted octanol–water partition coefficient (Wildman–Crippen LogP) is 1.07. The molecule has 19 heavy (non-hydrogen) atoms. The van der Waals surface area contributed by atoms with Crippen molar-refractivity contribution in [3.63, 3.8) is 0 Å². The van der Waals surface area contributed by atoms with Gasteiger partial charge in [0.05, 0.1) is 12.7 Å². The van der Waals surface area contributed by atoms with E-state index in [0.29, 0.717) is 16.6 Å². The molecule has 100 valence electrons. The summed E-state index contributed by atoms with van der Waals surface area (Å²) < 4.78 is 5.13. The molecule has 0 aliphatic carbocycles. The van der Waals surface area contributed by atoms with Gasteiger partial charge in [0, 0.05) is 0 Å². The SMILES string of the molecule is C/C(=N/N=C1/NC(=O)[C@@H](CC(=O)O)S1)c1ccco1. The lowest BCUT2D eigenvalue weighted by molar-refractivity contribution is -0.138. The van der Waals surface area contributed by atoms with Crippen LogP contribution < -0.4 is 5.32 Å². The van der Waals surface area contributed by atoms with Crippen LogP contribution in [-0.4, -0.2) is 33.1 Å². The first-order valence-electron chi connectivity index (χ1n) is 5.41. The van der Waals surface area contributed by atoms with E-state index in [1.165, 1.54) is 6.26 Å². The van der Waals surface area contributed by atoms with E-state index in [4.69, 9.17) is 9.52 Å². The molecule has 1 aliphatic rings. The Hall–Kier alpha value is -2.09. The van der Waals surface area contributed by atoms with Gasteiger partial charge in [-0.1, -0.05) is 11.8 Å². The molecule has 2 heterocycles. The number of thioether (sulfide) groups is 1. The number of hydrogen-bond acceptors (Lipinski definition) is 6. The minimum absolute atomic E-state index is 0.240. The van der Waals surface area contributed by atoms with Crippen LogP contribution in [0.3, 0.4) is 0 Å². The normalized spacial score (nSPS) is 21.7. The van der Waals surface area contributed by atoms with Gasteiger partial charge in [-0.2, -0.15) is 0 Å². The van der Waals surface area contributed by atoms with Gasteiger partial charge in [-0.25, -0.2) is 0 Å². The van der Waals surface area contributed by atoms with Crippen LogP contribution in [0.25, 0.3) is 0 Å². The molecule has 0 spiro atoms. The van der Waals surface area contributed by atoms with Crippen LogP contribution in [0.4, 0.5) is 0 Å². The van der Waals surface area contributed by atoms with Crippen molar-refractivity contribution >= 4 is 34.5 Å². The number of hydrogen-bond donors (Lipinski definition) is 2. The average molecular weight is 281 g/mol. The summed E-state index contributed by atoms with van der Waals surface area (Å²) in [6.07, 6.45) is 1.28. The molecule has 0 unspecified atom stereocenters. The second-order valence-electron chi connectivity index (χ2n) is 3.76. The first-order valence-corrected chi connectivity index (χ1v) is 6.29. The van der Waals surface area contributed by atoms with Crippen molar-refractivity contribution in [2.45, 2.75) is 18.6 Å². The Morgan fingerprint density at radius 3 is 3.05 bits per heavy atom. The highest BCUT2D eigenvalue weighted by Crippen LogP contribution is 2.22. The molecule has 1 aromatic rings. The minimum atomic E-state index is -1.02. The second-order valence-corrected chi connectivity index (χ2v) is 4.95. The van der Waals surface area contributed by atoms with Crippen molar-refractivity contribution in [3.8, 4) is 0 Å². The lowest BCUT2D eigenvalue weighted by Crippen LogP contribution is -2.26. The number of carbonyl (C=O) groups is 2. The third kappa shape index (κ3) is 3.44. The number of aliphatic carboxylic acids is 1. The zero-order chi connectivity index (χ0) is 13.8. The van der Waals surface area contributed by atoms with Gasteiger partial charge in [0.25, 0.3) is 0 Å². The molecule has 1 fully saturated rings. The minimum Gasteiger partial charge on any atom is -0.481 e. The zero-order valence-corrected chi connectivity index (χ0v) is 10.8. The maximum atomic E-state index is 11.5. The highest BCUT2D eigenvalue weighted by atomic mass is 32.2. The Balaban J connectivity index is 2.04. The molecule has 7 nitrogen and oxygen atoms in total. The molecule has 1 saturated heterocycles. The van der Waals surface area contributed by atoms with Crippen LogP contribution in [0.15, 0.2) is 33.0 Å². The number of rotatable bonds is 4. The Bertz CT molecular complexity index is 550. The Labute approximate surface area is 112 Å². The summed E-state index contributed by atoms with van der Waals surface area (Å²) in [5.74, 6) is -0.804. The average Bonchev–Trinajstić information content (AvgIpc) is 2.96. The van der Waals surface area contributed by atoms with E-state index in [1.54, 1.807) is 19.1 Å². The first kappa shape index (κ1) is 13.3. The maximum absolute atomic E-state index is 11.5. The number of carboxylic acids is 1. The molecule has 8 heteroatoms. The van der Waals surface area contributed by atoms with Gasteiger partial charge in [-0.15, -0.1) is 10.2 Å². The fraction of sp³-hybridized carbons (Fsp3) is 0.273. The van der Waals surface area contributed by atoms with Gasteiger partial charge in [-0.3, -0.25) is 9.59 Å². The van der Waals surface area contributed by atoms with Gasteiger partial charge < -0.3 is 14.8 Å². The van der Waals surface area contributed by atoms with Crippen LogP contribution in [-0.2, 0) is 9.59 Å². The van der Waals surface area contributed by atoms with Gasteiger partial charge in [-0.05, 0) is 19.1 Å². The van der Waals surface area contributed by atoms with Crippen molar-refractivity contribution in [1.29, 1.82) is 0 Å². The highest BCUT2D eigenvalue weighted by Gasteiger charge is 2.32. The van der Waals surface area contributed by atoms with Gasteiger partial charge in [0.15, 0.2) is 5.17 Å². The van der Waals surface area contributed by atoms with Crippen molar-refractivity contribution in [2.24, 2.45) is 10.2 Å². The van der Waals surface area contributed by atoms with Gasteiger partial charge in [0.2, 0.25) is 5.91 Å². The lowest BCUT2D eigenvalue weighted by atomic mass is 10.3. The second kappa shape index (κ2) is 5.70. The molecule has 0 bridgehead atoms. The van der Waals surface area contributed by atoms with Crippen LogP contribution >= 0.6 is 11.8 Å². The third-order valence-electron chi connectivity index (χ3n) is 2.31. The smallest absolute Gasteiger partial charge is 0.305 e. The summed E-state index contributed by atoms with van der Waals surface area (Å²) in [4.78, 5) is 22.0. The molecule has 1 aliphatic heterocycles. The number of nitrogens with zero attached hydrogens (tertiary/aromatic N) is 2. The van der Waals surface area contributed by atoms with Crippen LogP contribution in [0.2, 0.25) is 0 Å². The molecule has 1 atom stereocenters. The summed E-state index contributed by atoms with van der Waals surface area (Å²) in [5.41, 5.74) is 0.564. The molecule has 0 radical (unpaired) electrons. The quantitative estimate of drug-likeness (QED) is 0.634. The standard InChI is InChI=1S/C11H11N3O4S/c1-6(7-3-2-4-18-7)13-14-11-12-10(17)8(19-11)5-9(15)16/h2-4,8H,5H2,1H3,(H,15,16)(H,12,14,17)/b13-6-/t8-/m1/s1. The van der Waals surface area contributed by atoms with E-state index in [0.717, 1.165) is 11.8 Å². The number of carbonyl (C=O) groups excluding carboxylic acids is 1. The third-order valence-corrected chi connectivity index (χ3v) is 3.38. The van der Waals surface area contributed by atoms with E-state index in [1.807, 2.05) is 0 Å². The van der Waals surface area contributed by atoms with Crippen molar-refractivity contribution in [3.05, 3.63) is 24.2 Å². The van der Waals surface area contributed by atoms with Crippen molar-refractivity contribution < 1.29 is 19.1 Å². The van der Waals surface area contributed by atoms with Crippen LogP contribution in [0.5, 0.6) is 0 Å². The Kier molecular flexibility index (Phi) is 4.00. The summed E-state index contributed by atoms with van der Waals surface area (Å²) >= 11 is 1.06. The molecule has 1 amide bonds. The fourth-order valence-corrected chi connectivity index (χ4v) is 2.31. The molecule has 0 aromatic carbocycles. The summed E-state index contributed by atoms with van der Waals surface area (Å²) in [7, 11) is 0. The zero-order valence-electron chi connectivity index (χ0n) is 9.99. The summed E-state index contributed by atoms with van der Waals surface area (Å²) in [5, 5.41) is 18.6. The van der Waals surface area contributed by atoms with Crippen LogP contribution in [0, 0.1) is 0 Å². The van der Waals surface area contributed by atoms with Crippen molar-refractivity contribution in [1.82, 2.24) is 5.32 Å². The largest absolute Gasteiger partial charge is 0.481 e. The summed E-state index contributed by atoms with van der Waals surface area (Å²) in [6, 6.07) is 3.48. The molecule has 0 saturated carbocycles. The van der Waals surface area contributed by atoms with E-state index in [2.05, 4.69) is 15.5 Å². The number of furan rings is 1. The van der Waals surface area contributed by atoms with Gasteiger partial charge >= 0.3 is 5.97 Å². The van der Waals surface area contributed by atoms with Crippen LogP contribution in [0.1, 0.15) is 19.1 Å². The molecule has 2 N–H and O–H groups in total. The Morgan fingerprint density at radius 1 is 1.63 bits per heavy atom. The highest BCUT2D eigenvalue weighted by molar-refractivity contribution is 8.15. The predicted molar refractivity (Wildman–Crippen MR) is 70.1 cm³/mol. The van der Waals surface area contributed by atoms with E-state index in [9.17, 15) is 9.59 Å². The molecule has 2 rings (SSSR count). The molecule has 1 aromatic heterocycles. The number of carboxylic acid groups (broad SMARTS) is 1. The lowest BCUT2D eigenvalue weighted by Gasteiger charge is -1.97. The number of amides is 1. The molecular formula is C11H11N3O4S. The van der Waals surface area contributed by atoms with E-state index >= 15 is 0 Å². The van der Waals surface area contributed by atoms with E-state index < -0.39 is 11.2 Å². The molecular weight excluding hydrogens is 270 g/mol. The number of nitrogens with one attached hydrogen (secondary N) is 1. The van der Waals surface area contributed by atoms with Crippen molar-refractivity contribution in [2.75, 3.05) is 0 Å². The van der Waals surface area contributed by atoms with Gasteiger partial charge in [0.1, 0.15) is 16.7 Å². The monoisotopic (exact) mass is 281 g/mol. The van der Waals surface area contributed by atoms with E-state index in [-0.39, 0.29) is 12.3 Å².